The average molecular weight is 275 g/mol. The zero-order chi connectivity index (χ0) is 13.9. The van der Waals surface area contributed by atoms with E-state index in [1.165, 1.54) is 18.6 Å². The van der Waals surface area contributed by atoms with E-state index in [9.17, 15) is 4.39 Å². The Hall–Kier alpha value is -1.72. The van der Waals surface area contributed by atoms with Gasteiger partial charge >= 0.3 is 0 Å². The van der Waals surface area contributed by atoms with Crippen LogP contribution in [0.4, 0.5) is 4.39 Å². The summed E-state index contributed by atoms with van der Waals surface area (Å²) in [6.45, 7) is 2.39. The summed E-state index contributed by atoms with van der Waals surface area (Å²) < 4.78 is 18.6. The summed E-state index contributed by atoms with van der Waals surface area (Å²) in [6.07, 6.45) is 4.01. The smallest absolute Gasteiger partial charge is 0.209 e. The molecular weight excluding hydrogens is 257 g/mol. The van der Waals surface area contributed by atoms with E-state index in [-0.39, 0.29) is 5.82 Å². The molecule has 1 aliphatic rings. The first-order valence-corrected chi connectivity index (χ1v) is 6.91. The molecule has 0 spiro atoms. The molecular formula is C15H18FN3O. The Morgan fingerprint density at radius 1 is 1.35 bits per heavy atom. The van der Waals surface area contributed by atoms with Gasteiger partial charge in [-0.15, -0.1) is 0 Å². The van der Waals surface area contributed by atoms with Crippen LogP contribution in [0.25, 0.3) is 11.3 Å². The van der Waals surface area contributed by atoms with Crippen molar-refractivity contribution in [3.8, 4) is 11.3 Å². The van der Waals surface area contributed by atoms with Crippen LogP contribution in [0, 0.1) is 5.82 Å². The Kier molecular flexibility index (Phi) is 3.80. The highest BCUT2D eigenvalue weighted by molar-refractivity contribution is 5.55. The molecule has 1 fully saturated rings. The summed E-state index contributed by atoms with van der Waals surface area (Å²) in [5.41, 5.74) is 6.60. The molecule has 1 aromatic heterocycles. The number of benzene rings is 1. The Bertz CT molecular complexity index is 567. The minimum atomic E-state index is -0.253. The molecule has 0 saturated carbocycles. The van der Waals surface area contributed by atoms with Gasteiger partial charge in [0.05, 0.1) is 12.7 Å². The third-order valence-corrected chi connectivity index (χ3v) is 3.79. The molecule has 5 heteroatoms. The molecule has 0 bridgehead atoms. The fraction of sp³-hybridized carbons (Fsp3) is 0.400. The summed E-state index contributed by atoms with van der Waals surface area (Å²) in [7, 11) is 0. The first kappa shape index (κ1) is 13.3. The van der Waals surface area contributed by atoms with Crippen molar-refractivity contribution < 1.29 is 8.81 Å². The molecule has 20 heavy (non-hydrogen) atoms. The maximum atomic E-state index is 12.9. The van der Waals surface area contributed by atoms with Crippen LogP contribution >= 0.6 is 0 Å². The SMILES string of the molecule is NCC1CCCN1Cc1ncc(-c2ccc(F)cc2)o1. The quantitative estimate of drug-likeness (QED) is 0.931. The lowest BCUT2D eigenvalue weighted by Crippen LogP contribution is -2.34. The maximum absolute atomic E-state index is 12.9. The molecule has 2 aromatic rings. The first-order valence-electron chi connectivity index (χ1n) is 6.91. The standard InChI is InChI=1S/C15H18FN3O/c16-12-5-3-11(4-6-12)14-9-18-15(20-14)10-19-7-1-2-13(19)8-17/h3-6,9,13H,1-2,7-8,10,17H2. The fourth-order valence-electron chi connectivity index (χ4n) is 2.67. The van der Waals surface area contributed by atoms with Crippen LogP contribution in [-0.2, 0) is 6.54 Å². The van der Waals surface area contributed by atoms with Crippen LogP contribution in [0.2, 0.25) is 0 Å². The summed E-state index contributed by atoms with van der Waals surface area (Å²) in [5, 5.41) is 0. The highest BCUT2D eigenvalue weighted by Gasteiger charge is 2.24. The molecule has 2 heterocycles. The number of nitrogens with two attached hydrogens (primary N) is 1. The van der Waals surface area contributed by atoms with Gasteiger partial charge in [0, 0.05) is 18.2 Å². The summed E-state index contributed by atoms with van der Waals surface area (Å²) in [6, 6.07) is 6.65. The van der Waals surface area contributed by atoms with Gasteiger partial charge in [-0.3, -0.25) is 4.90 Å². The number of hydrogen-bond donors (Lipinski definition) is 1. The molecule has 0 radical (unpaired) electrons. The number of nitrogens with zero attached hydrogens (tertiary/aromatic N) is 2. The van der Waals surface area contributed by atoms with Gasteiger partial charge in [0.25, 0.3) is 0 Å². The van der Waals surface area contributed by atoms with Gasteiger partial charge < -0.3 is 10.2 Å². The third kappa shape index (κ3) is 2.73. The molecule has 106 valence electrons. The van der Waals surface area contributed by atoms with Crippen LogP contribution < -0.4 is 5.73 Å². The van der Waals surface area contributed by atoms with E-state index in [1.807, 2.05) is 0 Å². The van der Waals surface area contributed by atoms with Crippen molar-refractivity contribution in [2.24, 2.45) is 5.73 Å². The Morgan fingerprint density at radius 3 is 2.90 bits per heavy atom. The molecule has 1 aliphatic heterocycles. The van der Waals surface area contributed by atoms with E-state index in [0.29, 0.717) is 30.8 Å². The highest BCUT2D eigenvalue weighted by Crippen LogP contribution is 2.23. The number of halogens is 1. The minimum absolute atomic E-state index is 0.253. The van der Waals surface area contributed by atoms with Crippen molar-refractivity contribution in [3.05, 3.63) is 42.2 Å². The molecule has 1 atom stereocenters. The van der Waals surface area contributed by atoms with Gasteiger partial charge in [0.1, 0.15) is 5.82 Å². The van der Waals surface area contributed by atoms with Crippen molar-refractivity contribution in [1.29, 1.82) is 0 Å². The normalized spacial score (nSPS) is 19.6. The Labute approximate surface area is 117 Å². The summed E-state index contributed by atoms with van der Waals surface area (Å²) in [5.74, 6) is 1.10. The Balaban J connectivity index is 1.72. The summed E-state index contributed by atoms with van der Waals surface area (Å²) in [4.78, 5) is 6.61. The molecule has 2 N–H and O–H groups in total. The van der Waals surface area contributed by atoms with Gasteiger partial charge in [0.2, 0.25) is 5.89 Å². The van der Waals surface area contributed by atoms with Gasteiger partial charge in [-0.1, -0.05) is 0 Å². The lowest BCUT2D eigenvalue weighted by atomic mass is 10.2. The minimum Gasteiger partial charge on any atom is -0.439 e. The van der Waals surface area contributed by atoms with E-state index >= 15 is 0 Å². The van der Waals surface area contributed by atoms with Crippen LogP contribution in [0.5, 0.6) is 0 Å². The van der Waals surface area contributed by atoms with Gasteiger partial charge in [-0.25, -0.2) is 9.37 Å². The first-order chi connectivity index (χ1) is 9.76. The molecule has 4 nitrogen and oxygen atoms in total. The van der Waals surface area contributed by atoms with E-state index in [4.69, 9.17) is 10.2 Å². The number of rotatable bonds is 4. The van der Waals surface area contributed by atoms with Gasteiger partial charge in [-0.2, -0.15) is 0 Å². The van der Waals surface area contributed by atoms with Gasteiger partial charge in [-0.05, 0) is 43.7 Å². The van der Waals surface area contributed by atoms with Crippen LogP contribution in [-0.4, -0.2) is 29.0 Å². The lowest BCUT2D eigenvalue weighted by molar-refractivity contribution is 0.226. The van der Waals surface area contributed by atoms with Crippen LogP contribution in [0.3, 0.4) is 0 Å². The van der Waals surface area contributed by atoms with E-state index in [1.54, 1.807) is 18.3 Å². The second kappa shape index (κ2) is 5.73. The Morgan fingerprint density at radius 2 is 2.15 bits per heavy atom. The number of oxazole rings is 1. The van der Waals surface area contributed by atoms with Crippen molar-refractivity contribution in [2.75, 3.05) is 13.1 Å². The van der Waals surface area contributed by atoms with E-state index in [2.05, 4.69) is 9.88 Å². The predicted octanol–water partition coefficient (Wildman–Crippen LogP) is 2.40. The fourth-order valence-corrected chi connectivity index (χ4v) is 2.67. The van der Waals surface area contributed by atoms with E-state index in [0.717, 1.165) is 18.5 Å². The topological polar surface area (TPSA) is 55.3 Å². The highest BCUT2D eigenvalue weighted by atomic mass is 19.1. The largest absolute Gasteiger partial charge is 0.439 e. The second-order valence-electron chi connectivity index (χ2n) is 5.13. The van der Waals surface area contributed by atoms with Crippen molar-refractivity contribution >= 4 is 0 Å². The lowest BCUT2D eigenvalue weighted by Gasteiger charge is -2.20. The third-order valence-electron chi connectivity index (χ3n) is 3.79. The van der Waals surface area contributed by atoms with Crippen LogP contribution in [0.15, 0.2) is 34.9 Å². The molecule has 1 saturated heterocycles. The zero-order valence-corrected chi connectivity index (χ0v) is 11.3. The predicted molar refractivity (Wildman–Crippen MR) is 74.4 cm³/mol. The molecule has 1 aromatic carbocycles. The zero-order valence-electron chi connectivity index (χ0n) is 11.3. The second-order valence-corrected chi connectivity index (χ2v) is 5.13. The number of likely N-dealkylation sites (tertiary alicyclic amines) is 1. The number of hydrogen-bond acceptors (Lipinski definition) is 4. The van der Waals surface area contributed by atoms with Gasteiger partial charge in [0.15, 0.2) is 5.76 Å². The van der Waals surface area contributed by atoms with Crippen molar-refractivity contribution in [1.82, 2.24) is 9.88 Å². The van der Waals surface area contributed by atoms with Crippen molar-refractivity contribution in [3.63, 3.8) is 0 Å². The average Bonchev–Trinajstić information content (AvgIpc) is 3.09. The molecule has 1 unspecified atom stereocenters. The molecule has 0 amide bonds. The molecule has 0 aliphatic carbocycles. The summed E-state index contributed by atoms with van der Waals surface area (Å²) >= 11 is 0. The molecule has 3 rings (SSSR count). The maximum Gasteiger partial charge on any atom is 0.209 e. The van der Waals surface area contributed by atoms with Crippen LogP contribution in [0.1, 0.15) is 18.7 Å². The van der Waals surface area contributed by atoms with E-state index < -0.39 is 0 Å². The van der Waals surface area contributed by atoms with Crippen molar-refractivity contribution in [2.45, 2.75) is 25.4 Å². The monoisotopic (exact) mass is 275 g/mol. The number of aromatic nitrogens is 1.